The summed E-state index contributed by atoms with van der Waals surface area (Å²) in [5.41, 5.74) is -1.99. The minimum absolute atomic E-state index is 0.0227. The molecule has 1 amide bonds. The Kier molecular flexibility index (Phi) is 9.38. The van der Waals surface area contributed by atoms with Crippen molar-refractivity contribution in [1.29, 1.82) is 0 Å². The minimum Gasteiger partial charge on any atom is -0.474 e. The summed E-state index contributed by atoms with van der Waals surface area (Å²) in [5.74, 6) is -6.26. The number of pyridine rings is 1. The van der Waals surface area contributed by atoms with E-state index < -0.39 is 46.0 Å². The number of nitrogens with one attached hydrogen (secondary N) is 1. The number of ether oxygens (including phenoxy) is 3. The van der Waals surface area contributed by atoms with E-state index in [1.54, 1.807) is 31.9 Å². The second-order valence-corrected chi connectivity index (χ2v) is 19.3. The Morgan fingerprint density at radius 1 is 0.895 bits per heavy atom. The summed E-state index contributed by atoms with van der Waals surface area (Å²) in [6.45, 7) is 7.18. The first-order chi connectivity index (χ1) is 26.9. The third-order valence-electron chi connectivity index (χ3n) is 14.1. The van der Waals surface area contributed by atoms with Gasteiger partial charge in [-0.05, 0) is 121 Å². The average Bonchev–Trinajstić information content (AvgIpc) is 3.43. The Hall–Kier alpha value is -3.59. The Balaban J connectivity index is 0.986. The van der Waals surface area contributed by atoms with Crippen molar-refractivity contribution in [2.75, 3.05) is 37.7 Å². The number of esters is 1. The van der Waals surface area contributed by atoms with E-state index >= 15 is 8.78 Å². The van der Waals surface area contributed by atoms with Crippen molar-refractivity contribution in [3.05, 3.63) is 35.3 Å². The van der Waals surface area contributed by atoms with Gasteiger partial charge < -0.3 is 24.4 Å². The fraction of sp³-hybridized carbons (Fsp3) is 0.738. The second-order valence-electron chi connectivity index (χ2n) is 19.3. The highest BCUT2D eigenvalue weighted by Gasteiger charge is 2.63. The molecule has 10 rings (SSSR count). The van der Waals surface area contributed by atoms with Crippen molar-refractivity contribution < 1.29 is 41.4 Å². The Labute approximate surface area is 331 Å². The molecule has 2 saturated heterocycles. The number of rotatable bonds is 8. The van der Waals surface area contributed by atoms with Crippen LogP contribution in [0.2, 0.25) is 0 Å². The number of halogens is 4. The number of hydrogen-bond acceptors (Lipinski definition) is 10. The number of aromatic nitrogens is 3. The van der Waals surface area contributed by atoms with E-state index in [2.05, 4.69) is 20.3 Å². The van der Waals surface area contributed by atoms with Crippen LogP contribution in [0.5, 0.6) is 5.88 Å². The summed E-state index contributed by atoms with van der Waals surface area (Å²) >= 11 is 0. The van der Waals surface area contributed by atoms with Gasteiger partial charge in [-0.15, -0.1) is 0 Å². The van der Waals surface area contributed by atoms with Gasteiger partial charge in [0.25, 0.3) is 17.8 Å². The number of fused-ring (bicyclic) bond motifs is 2. The predicted octanol–water partition coefficient (Wildman–Crippen LogP) is 7.09. The number of amides is 1. The van der Waals surface area contributed by atoms with Crippen LogP contribution in [0.1, 0.15) is 120 Å². The van der Waals surface area contributed by atoms with E-state index in [0.29, 0.717) is 56.0 Å². The highest BCUT2D eigenvalue weighted by atomic mass is 19.3. The smallest absolute Gasteiger partial charge is 0.332 e. The van der Waals surface area contributed by atoms with Crippen LogP contribution in [0.4, 0.5) is 29.2 Å². The molecule has 2 aromatic heterocycles. The molecule has 1 N–H and O–H groups in total. The van der Waals surface area contributed by atoms with Crippen LogP contribution in [-0.4, -0.2) is 93.8 Å². The minimum atomic E-state index is -3.52. The highest BCUT2D eigenvalue weighted by molar-refractivity contribution is 5.99. The quantitative estimate of drug-likeness (QED) is 0.219. The predicted molar refractivity (Wildman–Crippen MR) is 201 cm³/mol. The molecular weight excluding hydrogens is 744 g/mol. The summed E-state index contributed by atoms with van der Waals surface area (Å²) in [7, 11) is 0. The number of carbonyl (C=O) groups excluding carboxylic acids is 2. The molecule has 310 valence electrons. The van der Waals surface area contributed by atoms with Gasteiger partial charge in [0.15, 0.2) is 0 Å². The summed E-state index contributed by atoms with van der Waals surface area (Å²) < 4.78 is 76.4. The molecule has 7 fully saturated rings. The monoisotopic (exact) mass is 798 g/mol. The van der Waals surface area contributed by atoms with Crippen molar-refractivity contribution in [1.82, 2.24) is 25.2 Å². The molecule has 0 unspecified atom stereocenters. The zero-order chi connectivity index (χ0) is 40.1. The van der Waals surface area contributed by atoms with Crippen LogP contribution < -0.4 is 15.0 Å². The lowest BCUT2D eigenvalue weighted by molar-refractivity contribution is -0.180. The largest absolute Gasteiger partial charge is 0.474 e. The summed E-state index contributed by atoms with van der Waals surface area (Å²) in [6, 6.07) is 2.07. The lowest BCUT2D eigenvalue weighted by Gasteiger charge is -2.59. The zero-order valence-electron chi connectivity index (χ0n) is 33.3. The molecule has 0 aromatic carbocycles. The first-order valence-electron chi connectivity index (χ1n) is 20.9. The summed E-state index contributed by atoms with van der Waals surface area (Å²) in [6.07, 6.45) is 11.4. The fourth-order valence-corrected chi connectivity index (χ4v) is 11.6. The van der Waals surface area contributed by atoms with Gasteiger partial charge in [0.1, 0.15) is 22.9 Å². The van der Waals surface area contributed by atoms with Crippen molar-refractivity contribution in [3.63, 3.8) is 0 Å². The number of hydrogen-bond donors (Lipinski definition) is 1. The van der Waals surface area contributed by atoms with Crippen molar-refractivity contribution >= 4 is 23.5 Å². The summed E-state index contributed by atoms with van der Waals surface area (Å²) in [5, 5.41) is 3.02. The molecule has 8 aliphatic rings. The van der Waals surface area contributed by atoms with E-state index in [0.717, 1.165) is 70.3 Å². The van der Waals surface area contributed by atoms with Crippen molar-refractivity contribution in [3.8, 4) is 5.88 Å². The molecule has 11 nitrogen and oxygen atoms in total. The standard InChI is InChI=1S/C42H54F4N6O5/c1-38(2,3)57-36(54)42(26-14-24-13-25(16-26)17-27(42)15-24)50-35(53)30-19-48-37(49-34(30)39(4,43)44)52-21-40(9-11-55-12-10-40)31-18-33(47-20-32(31)52)56-29-7-5-28(6-8-29)51-22-41(45,46)23-51/h18-20,24-29H,5-17,21-23H2,1-4H3,(H,50,53). The molecular formula is C42H54F4N6O5. The molecule has 5 saturated carbocycles. The number of carbonyl (C=O) groups is 2. The normalized spacial score (nSPS) is 32.8. The molecule has 2 aromatic rings. The number of likely N-dealkylation sites (tertiary alicyclic amines) is 1. The highest BCUT2D eigenvalue weighted by Crippen LogP contribution is 2.59. The first-order valence-corrected chi connectivity index (χ1v) is 20.9. The van der Waals surface area contributed by atoms with E-state index in [9.17, 15) is 18.4 Å². The number of anilines is 2. The molecule has 0 radical (unpaired) electrons. The van der Waals surface area contributed by atoms with Crippen molar-refractivity contribution in [2.24, 2.45) is 23.7 Å². The summed E-state index contributed by atoms with van der Waals surface area (Å²) in [4.78, 5) is 45.8. The Bertz CT molecular complexity index is 1870. The van der Waals surface area contributed by atoms with Crippen LogP contribution in [0, 0.1) is 23.7 Å². The van der Waals surface area contributed by atoms with Crippen LogP contribution in [0.15, 0.2) is 18.5 Å². The maximum absolute atomic E-state index is 15.7. The van der Waals surface area contributed by atoms with Gasteiger partial charge >= 0.3 is 5.97 Å². The number of alkyl halides is 4. The molecule has 15 heteroatoms. The Morgan fingerprint density at radius 3 is 2.14 bits per heavy atom. The SMILES string of the molecule is CC(C)(C)OC(=O)C1(NC(=O)c2cnc(N3CC4(CCOCC4)c4cc(OC5CCC(N6CC(F)(F)C6)CC5)ncc43)nc2C(C)(F)F)C2CC3CC(C2)CC1C3. The van der Waals surface area contributed by atoms with E-state index in [1.165, 1.54) is 6.20 Å². The third-order valence-corrected chi connectivity index (χ3v) is 14.1. The number of nitrogens with zero attached hydrogens (tertiary/aromatic N) is 5. The fourth-order valence-electron chi connectivity index (χ4n) is 11.6. The van der Waals surface area contributed by atoms with Crippen LogP contribution in [-0.2, 0) is 25.6 Å². The van der Waals surface area contributed by atoms with E-state index in [-0.39, 0.29) is 48.6 Å². The molecule has 1 spiro atoms. The molecule has 57 heavy (non-hydrogen) atoms. The first kappa shape index (κ1) is 38.9. The molecule has 5 heterocycles. The van der Waals surface area contributed by atoms with Gasteiger partial charge in [-0.3, -0.25) is 9.69 Å². The van der Waals surface area contributed by atoms with Gasteiger partial charge in [0, 0.05) is 50.4 Å². The van der Waals surface area contributed by atoms with E-state index in [1.807, 2.05) is 11.0 Å². The Morgan fingerprint density at radius 2 is 1.54 bits per heavy atom. The lowest BCUT2D eigenvalue weighted by Crippen LogP contribution is -2.71. The van der Waals surface area contributed by atoms with Gasteiger partial charge in [-0.2, -0.15) is 8.78 Å². The molecule has 5 aliphatic carbocycles. The van der Waals surface area contributed by atoms with Crippen LogP contribution >= 0.6 is 0 Å². The molecule has 3 aliphatic heterocycles. The van der Waals surface area contributed by atoms with Crippen molar-refractivity contribution in [2.45, 2.75) is 139 Å². The van der Waals surface area contributed by atoms with Crippen LogP contribution in [0.3, 0.4) is 0 Å². The van der Waals surface area contributed by atoms with Gasteiger partial charge in [0.2, 0.25) is 11.8 Å². The lowest BCUT2D eigenvalue weighted by atomic mass is 9.48. The maximum Gasteiger partial charge on any atom is 0.332 e. The molecule has 4 bridgehead atoms. The third kappa shape index (κ3) is 7.05. The van der Waals surface area contributed by atoms with Gasteiger partial charge in [-0.25, -0.2) is 28.5 Å². The molecule has 0 atom stereocenters. The van der Waals surface area contributed by atoms with Crippen LogP contribution in [0.25, 0.3) is 0 Å². The average molecular weight is 799 g/mol. The zero-order valence-corrected chi connectivity index (χ0v) is 33.3. The van der Waals surface area contributed by atoms with Gasteiger partial charge in [-0.1, -0.05) is 0 Å². The maximum atomic E-state index is 15.7. The topological polar surface area (TPSA) is 119 Å². The van der Waals surface area contributed by atoms with E-state index in [4.69, 9.17) is 14.2 Å². The second kappa shape index (κ2) is 13.7. The van der Waals surface area contributed by atoms with Gasteiger partial charge in [0.05, 0.1) is 30.5 Å².